The first-order chi connectivity index (χ1) is 14.2. The number of aldehydes is 1. The molecule has 0 heterocycles. The molecule has 0 spiro atoms. The Bertz CT molecular complexity index is 531. The molecule has 0 aromatic rings. The minimum atomic E-state index is -0.847. The summed E-state index contributed by atoms with van der Waals surface area (Å²) in [6.45, 7) is 0.309. The van der Waals surface area contributed by atoms with Gasteiger partial charge in [-0.15, -0.1) is 0 Å². The lowest BCUT2D eigenvalue weighted by Gasteiger charge is -2.28. The maximum absolute atomic E-state index is 11.9. The van der Waals surface area contributed by atoms with Crippen molar-refractivity contribution in [3.63, 3.8) is 0 Å². The van der Waals surface area contributed by atoms with E-state index in [4.69, 9.17) is 26.7 Å². The molecule has 0 saturated carbocycles. The van der Waals surface area contributed by atoms with Crippen molar-refractivity contribution in [1.82, 2.24) is 10.6 Å². The summed E-state index contributed by atoms with van der Waals surface area (Å²) in [6, 6.07) is 0. The molecule has 172 valence electrons. The van der Waals surface area contributed by atoms with Gasteiger partial charge in [0.1, 0.15) is 19.5 Å². The van der Waals surface area contributed by atoms with Gasteiger partial charge in [0.15, 0.2) is 0 Å². The molecule has 0 saturated heterocycles. The van der Waals surface area contributed by atoms with Crippen LogP contribution >= 0.6 is 0 Å². The summed E-state index contributed by atoms with van der Waals surface area (Å²) in [5.74, 6) is -1.69. The van der Waals surface area contributed by atoms with Gasteiger partial charge in [0.2, 0.25) is 23.6 Å². The first-order valence-electron chi connectivity index (χ1n) is 9.66. The Balaban J connectivity index is 4.23. The van der Waals surface area contributed by atoms with E-state index in [-0.39, 0.29) is 70.6 Å². The third kappa shape index (κ3) is 16.4. The molecule has 12 nitrogen and oxygen atoms in total. The summed E-state index contributed by atoms with van der Waals surface area (Å²) in [5, 5.41) is 5.26. The summed E-state index contributed by atoms with van der Waals surface area (Å²) < 4.78 is 9.88. The lowest BCUT2D eigenvalue weighted by atomic mass is 9.84. The molecule has 0 aromatic carbocycles. The number of nitrogens with two attached hydrogens (primary N) is 3. The number of nitrogens with one attached hydrogen (secondary N) is 2. The van der Waals surface area contributed by atoms with Gasteiger partial charge in [0, 0.05) is 37.9 Å². The number of carbonyl (C=O) groups is 5. The fourth-order valence-corrected chi connectivity index (χ4v) is 2.49. The monoisotopic (exact) mass is 431 g/mol. The Morgan fingerprint density at radius 2 is 1.23 bits per heavy atom. The molecule has 0 aromatic heterocycles. The highest BCUT2D eigenvalue weighted by molar-refractivity contribution is 5.77. The average Bonchev–Trinajstić information content (AvgIpc) is 2.68. The molecule has 8 N–H and O–H groups in total. The van der Waals surface area contributed by atoms with Crippen LogP contribution in [0, 0.1) is 0 Å². The Morgan fingerprint density at radius 3 is 1.60 bits per heavy atom. The second-order valence-corrected chi connectivity index (χ2v) is 6.81. The Kier molecular flexibility index (Phi) is 14.9. The molecule has 30 heavy (non-hydrogen) atoms. The summed E-state index contributed by atoms with van der Waals surface area (Å²) in [7, 11) is 0. The van der Waals surface area contributed by atoms with E-state index >= 15 is 0 Å². The quantitative estimate of drug-likeness (QED) is 0.108. The zero-order chi connectivity index (χ0) is 22.8. The van der Waals surface area contributed by atoms with E-state index in [0.29, 0.717) is 19.3 Å². The van der Waals surface area contributed by atoms with Crippen LogP contribution in [-0.2, 0) is 33.4 Å². The van der Waals surface area contributed by atoms with Crippen molar-refractivity contribution in [2.75, 3.05) is 39.5 Å². The maximum Gasteiger partial charge on any atom is 0.243 e. The second-order valence-electron chi connectivity index (χ2n) is 6.81. The average molecular weight is 431 g/mol. The van der Waals surface area contributed by atoms with Crippen molar-refractivity contribution in [3.8, 4) is 0 Å². The van der Waals surface area contributed by atoms with Gasteiger partial charge in [-0.2, -0.15) is 0 Å². The molecule has 0 aliphatic carbocycles. The highest BCUT2D eigenvalue weighted by atomic mass is 16.5. The number of hydrogen-bond donors (Lipinski definition) is 5. The standard InChI is InChI=1S/C18H33N5O7/c19-14(25)12-29-10-7-22-16(27)2-5-18(21,4-1-9-24)6-3-17(28)23-8-11-30-13-15(20)26/h9H,1-8,10-13,21H2,(H2,19,25)(H2,20,26)(H,22,27)(H,23,28). The van der Waals surface area contributed by atoms with Crippen LogP contribution in [-0.4, -0.2) is 75.0 Å². The van der Waals surface area contributed by atoms with E-state index in [1.54, 1.807) is 0 Å². The topological polar surface area (TPSA) is 206 Å². The first kappa shape index (κ1) is 27.4. The molecule has 0 atom stereocenters. The molecule has 0 aliphatic heterocycles. The van der Waals surface area contributed by atoms with Crippen LogP contribution in [0.25, 0.3) is 0 Å². The van der Waals surface area contributed by atoms with Crippen LogP contribution in [0.15, 0.2) is 0 Å². The van der Waals surface area contributed by atoms with Gasteiger partial charge in [-0.1, -0.05) is 0 Å². The first-order valence-corrected chi connectivity index (χ1v) is 9.66. The molecular formula is C18H33N5O7. The molecule has 0 radical (unpaired) electrons. The van der Waals surface area contributed by atoms with Crippen LogP contribution < -0.4 is 27.8 Å². The Morgan fingerprint density at radius 1 is 0.800 bits per heavy atom. The van der Waals surface area contributed by atoms with Crippen molar-refractivity contribution in [3.05, 3.63) is 0 Å². The van der Waals surface area contributed by atoms with Crippen LogP contribution in [0.2, 0.25) is 0 Å². The van der Waals surface area contributed by atoms with Gasteiger partial charge in [-0.05, 0) is 19.3 Å². The Hall–Kier alpha value is -2.57. The summed E-state index contributed by atoms with van der Waals surface area (Å²) in [4.78, 5) is 55.7. The van der Waals surface area contributed by atoms with E-state index in [2.05, 4.69) is 10.6 Å². The van der Waals surface area contributed by atoms with Gasteiger partial charge in [0.05, 0.1) is 13.2 Å². The highest BCUT2D eigenvalue weighted by Crippen LogP contribution is 2.22. The van der Waals surface area contributed by atoms with Gasteiger partial charge >= 0.3 is 0 Å². The maximum atomic E-state index is 11.9. The molecule has 0 unspecified atom stereocenters. The van der Waals surface area contributed by atoms with E-state index in [1.807, 2.05) is 0 Å². The third-order valence-electron chi connectivity index (χ3n) is 4.09. The van der Waals surface area contributed by atoms with Gasteiger partial charge in [-0.25, -0.2) is 0 Å². The van der Waals surface area contributed by atoms with Crippen molar-refractivity contribution in [2.45, 2.75) is 44.1 Å². The van der Waals surface area contributed by atoms with Gasteiger partial charge < -0.3 is 42.1 Å². The number of ether oxygens (including phenoxy) is 2. The molecule has 0 rings (SSSR count). The minimum Gasteiger partial charge on any atom is -0.370 e. The molecule has 0 aliphatic rings. The Labute approximate surface area is 175 Å². The SMILES string of the molecule is NC(=O)COCCNC(=O)CCC(N)(CCC=O)CCC(=O)NCCOCC(N)=O. The van der Waals surface area contributed by atoms with Crippen molar-refractivity contribution in [1.29, 1.82) is 0 Å². The summed E-state index contributed by atoms with van der Waals surface area (Å²) >= 11 is 0. The van der Waals surface area contributed by atoms with E-state index in [1.165, 1.54) is 0 Å². The van der Waals surface area contributed by atoms with Gasteiger partial charge in [-0.3, -0.25) is 19.2 Å². The van der Waals surface area contributed by atoms with Crippen LogP contribution in [0.4, 0.5) is 0 Å². The lowest BCUT2D eigenvalue weighted by Crippen LogP contribution is -2.43. The van der Waals surface area contributed by atoms with Crippen LogP contribution in [0.3, 0.4) is 0 Å². The molecular weight excluding hydrogens is 398 g/mol. The summed E-state index contributed by atoms with van der Waals surface area (Å²) in [5.41, 5.74) is 15.3. The predicted molar refractivity (Wildman–Crippen MR) is 107 cm³/mol. The van der Waals surface area contributed by atoms with Crippen molar-refractivity contribution < 1.29 is 33.4 Å². The fraction of sp³-hybridized carbons (Fsp3) is 0.722. The van der Waals surface area contributed by atoms with Crippen LogP contribution in [0.5, 0.6) is 0 Å². The zero-order valence-corrected chi connectivity index (χ0v) is 17.2. The third-order valence-corrected chi connectivity index (χ3v) is 4.09. The number of rotatable bonds is 19. The minimum absolute atomic E-state index is 0.119. The second kappa shape index (κ2) is 16.3. The number of hydrogen-bond acceptors (Lipinski definition) is 8. The molecule has 12 heteroatoms. The van der Waals surface area contributed by atoms with Crippen LogP contribution in [0.1, 0.15) is 38.5 Å². The number of amides is 4. The smallest absolute Gasteiger partial charge is 0.243 e. The number of primary amides is 2. The molecule has 4 amide bonds. The van der Waals surface area contributed by atoms with Crippen molar-refractivity contribution >= 4 is 29.9 Å². The lowest BCUT2D eigenvalue weighted by molar-refractivity contribution is -0.124. The fourth-order valence-electron chi connectivity index (χ4n) is 2.49. The van der Waals surface area contributed by atoms with E-state index in [9.17, 15) is 24.0 Å². The normalized spacial score (nSPS) is 11.0. The van der Waals surface area contributed by atoms with E-state index < -0.39 is 17.4 Å². The largest absolute Gasteiger partial charge is 0.370 e. The highest BCUT2D eigenvalue weighted by Gasteiger charge is 2.26. The van der Waals surface area contributed by atoms with Crippen molar-refractivity contribution in [2.24, 2.45) is 17.2 Å². The zero-order valence-electron chi connectivity index (χ0n) is 17.2. The van der Waals surface area contributed by atoms with Gasteiger partial charge in [0.25, 0.3) is 0 Å². The molecule has 0 bridgehead atoms. The predicted octanol–water partition coefficient (Wildman–Crippen LogP) is -2.54. The summed E-state index contributed by atoms with van der Waals surface area (Å²) in [6.07, 6.45) is 2.14. The number of carbonyl (C=O) groups excluding carboxylic acids is 5. The van der Waals surface area contributed by atoms with E-state index in [0.717, 1.165) is 6.29 Å². The molecule has 0 fully saturated rings.